The lowest BCUT2D eigenvalue weighted by atomic mass is 10.2. The Morgan fingerprint density at radius 2 is 2.05 bits per heavy atom. The van der Waals surface area contributed by atoms with Gasteiger partial charge < -0.3 is 15.0 Å². The molecule has 6 heteroatoms. The summed E-state index contributed by atoms with van der Waals surface area (Å²) in [4.78, 5) is 22.9. The van der Waals surface area contributed by atoms with E-state index in [2.05, 4.69) is 5.32 Å². The van der Waals surface area contributed by atoms with Crippen molar-refractivity contribution >= 4 is 29.2 Å². The Morgan fingerprint density at radius 3 is 2.70 bits per heavy atom. The highest BCUT2D eigenvalue weighted by Gasteiger charge is 2.15. The number of aryl methyl sites for hydroxylation is 1. The molecule has 0 aliphatic rings. The van der Waals surface area contributed by atoms with Crippen LogP contribution in [0.2, 0.25) is 5.02 Å². The molecule has 0 aliphatic heterocycles. The highest BCUT2D eigenvalue weighted by Crippen LogP contribution is 2.25. The molecule has 20 heavy (non-hydrogen) atoms. The van der Waals surface area contributed by atoms with E-state index in [0.717, 1.165) is 5.56 Å². The third kappa shape index (κ3) is 3.00. The van der Waals surface area contributed by atoms with Gasteiger partial charge in [-0.2, -0.15) is 0 Å². The number of aromatic nitrogens is 1. The van der Waals surface area contributed by atoms with Crippen molar-refractivity contribution in [3.05, 3.63) is 52.8 Å². The van der Waals surface area contributed by atoms with Crippen molar-refractivity contribution in [1.82, 2.24) is 4.57 Å². The second-order valence-electron chi connectivity index (χ2n) is 4.30. The first-order valence-electron chi connectivity index (χ1n) is 5.92. The molecule has 0 atom stereocenters. The Bertz CT molecular complexity index is 644. The molecule has 1 aromatic carbocycles. The molecule has 0 unspecified atom stereocenters. The van der Waals surface area contributed by atoms with E-state index in [4.69, 9.17) is 16.7 Å². The van der Waals surface area contributed by atoms with Crippen molar-refractivity contribution in [2.75, 3.05) is 5.32 Å². The number of para-hydroxylation sites is 1. The molecule has 0 fully saturated rings. The van der Waals surface area contributed by atoms with E-state index < -0.39 is 11.9 Å². The number of carboxylic acids is 1. The van der Waals surface area contributed by atoms with Gasteiger partial charge in [-0.3, -0.25) is 9.59 Å². The Labute approximate surface area is 120 Å². The first-order valence-corrected chi connectivity index (χ1v) is 6.30. The summed E-state index contributed by atoms with van der Waals surface area (Å²) in [6, 6.07) is 8.49. The number of anilines is 1. The monoisotopic (exact) mass is 292 g/mol. The van der Waals surface area contributed by atoms with Crippen molar-refractivity contribution < 1.29 is 14.7 Å². The molecule has 2 rings (SSSR count). The molecule has 104 valence electrons. The van der Waals surface area contributed by atoms with Gasteiger partial charge in [0.15, 0.2) is 0 Å². The molecule has 0 aliphatic carbocycles. The molecule has 2 N–H and O–H groups in total. The summed E-state index contributed by atoms with van der Waals surface area (Å²) in [5.74, 6) is -1.41. The van der Waals surface area contributed by atoms with Crippen LogP contribution < -0.4 is 5.32 Å². The van der Waals surface area contributed by atoms with Crippen LogP contribution in [0.3, 0.4) is 0 Å². The van der Waals surface area contributed by atoms with Crippen LogP contribution in [0.15, 0.2) is 36.5 Å². The fourth-order valence-corrected chi connectivity index (χ4v) is 2.14. The lowest BCUT2D eigenvalue weighted by molar-refractivity contribution is -0.137. The smallest absolute Gasteiger partial charge is 0.323 e. The van der Waals surface area contributed by atoms with E-state index in [9.17, 15) is 9.59 Å². The zero-order valence-corrected chi connectivity index (χ0v) is 11.5. The van der Waals surface area contributed by atoms with Crippen LogP contribution in [0, 0.1) is 6.92 Å². The van der Waals surface area contributed by atoms with Gasteiger partial charge in [0.1, 0.15) is 12.2 Å². The van der Waals surface area contributed by atoms with Crippen molar-refractivity contribution in [3.8, 4) is 0 Å². The minimum absolute atomic E-state index is 0.267. The van der Waals surface area contributed by atoms with Crippen LogP contribution >= 0.6 is 11.6 Å². The zero-order valence-electron chi connectivity index (χ0n) is 10.8. The fourth-order valence-electron chi connectivity index (χ4n) is 1.87. The average molecular weight is 293 g/mol. The quantitative estimate of drug-likeness (QED) is 0.910. The van der Waals surface area contributed by atoms with E-state index in [1.165, 1.54) is 4.57 Å². The van der Waals surface area contributed by atoms with Crippen molar-refractivity contribution in [2.45, 2.75) is 13.5 Å². The predicted octanol–water partition coefficient (Wildman–Crippen LogP) is 2.79. The Hall–Kier alpha value is -2.27. The lowest BCUT2D eigenvalue weighted by Crippen LogP contribution is -2.20. The molecular formula is C14H13ClN2O3. The highest BCUT2D eigenvalue weighted by molar-refractivity contribution is 6.34. The number of carbonyl (C=O) groups is 2. The molecule has 1 heterocycles. The zero-order chi connectivity index (χ0) is 14.7. The number of hydrogen-bond donors (Lipinski definition) is 2. The molecule has 5 nitrogen and oxygen atoms in total. The van der Waals surface area contributed by atoms with Gasteiger partial charge in [0.05, 0.1) is 10.7 Å². The Kier molecular flexibility index (Phi) is 4.10. The van der Waals surface area contributed by atoms with Crippen molar-refractivity contribution in [1.29, 1.82) is 0 Å². The van der Waals surface area contributed by atoms with Crippen LogP contribution in [0.5, 0.6) is 0 Å². The van der Waals surface area contributed by atoms with Gasteiger partial charge in [-0.25, -0.2) is 0 Å². The Morgan fingerprint density at radius 1 is 1.30 bits per heavy atom. The van der Waals surface area contributed by atoms with Gasteiger partial charge in [-0.1, -0.05) is 23.7 Å². The van der Waals surface area contributed by atoms with Crippen LogP contribution in [0.25, 0.3) is 0 Å². The number of benzene rings is 1. The number of aliphatic carboxylic acids is 1. The maximum Gasteiger partial charge on any atom is 0.323 e. The summed E-state index contributed by atoms with van der Waals surface area (Å²) >= 11 is 6.04. The second-order valence-corrected chi connectivity index (χ2v) is 4.71. The van der Waals surface area contributed by atoms with Crippen LogP contribution in [-0.2, 0) is 11.3 Å². The summed E-state index contributed by atoms with van der Waals surface area (Å²) in [6.07, 6.45) is 1.54. The van der Waals surface area contributed by atoms with Gasteiger partial charge in [-0.15, -0.1) is 0 Å². The largest absolute Gasteiger partial charge is 0.480 e. The summed E-state index contributed by atoms with van der Waals surface area (Å²) in [7, 11) is 0. The second kappa shape index (κ2) is 5.79. The molecule has 1 amide bonds. The molecule has 0 bridgehead atoms. The van der Waals surface area contributed by atoms with Crippen molar-refractivity contribution in [3.63, 3.8) is 0 Å². The van der Waals surface area contributed by atoms with Gasteiger partial charge in [0.25, 0.3) is 5.91 Å². The number of rotatable bonds is 4. The van der Waals surface area contributed by atoms with Gasteiger partial charge in [-0.05, 0) is 30.7 Å². The molecule has 0 spiro atoms. The van der Waals surface area contributed by atoms with E-state index in [0.29, 0.717) is 10.7 Å². The maximum atomic E-state index is 12.2. The topological polar surface area (TPSA) is 71.3 Å². The maximum absolute atomic E-state index is 12.2. The van der Waals surface area contributed by atoms with E-state index in [1.807, 2.05) is 13.0 Å². The first-order chi connectivity index (χ1) is 9.49. The minimum Gasteiger partial charge on any atom is -0.480 e. The molecule has 0 saturated carbocycles. The molecule has 0 radical (unpaired) electrons. The first kappa shape index (κ1) is 14.1. The Balaban J connectivity index is 2.25. The number of nitrogens with zero attached hydrogens (tertiary/aromatic N) is 1. The summed E-state index contributed by atoms with van der Waals surface area (Å²) in [6.45, 7) is 1.56. The standard InChI is InChI=1S/C14H13ClN2O3/c1-9-4-2-5-10(15)13(9)16-14(20)11-6-3-7-17(11)8-12(18)19/h2-7H,8H2,1H3,(H,16,20)(H,18,19). The van der Waals surface area contributed by atoms with Crippen LogP contribution in [0.4, 0.5) is 5.69 Å². The van der Waals surface area contributed by atoms with E-state index in [-0.39, 0.29) is 12.2 Å². The van der Waals surface area contributed by atoms with Crippen LogP contribution in [0.1, 0.15) is 16.1 Å². The fraction of sp³-hybridized carbons (Fsp3) is 0.143. The van der Waals surface area contributed by atoms with Gasteiger partial charge >= 0.3 is 5.97 Å². The van der Waals surface area contributed by atoms with Crippen molar-refractivity contribution in [2.24, 2.45) is 0 Å². The average Bonchev–Trinajstić information content (AvgIpc) is 2.81. The third-order valence-corrected chi connectivity index (χ3v) is 3.14. The van der Waals surface area contributed by atoms with E-state index >= 15 is 0 Å². The molecule has 0 saturated heterocycles. The number of hydrogen-bond acceptors (Lipinski definition) is 2. The van der Waals surface area contributed by atoms with E-state index in [1.54, 1.807) is 30.5 Å². The molecule has 1 aromatic heterocycles. The molecular weight excluding hydrogens is 280 g/mol. The number of nitrogens with one attached hydrogen (secondary N) is 1. The van der Waals surface area contributed by atoms with Gasteiger partial charge in [0, 0.05) is 6.20 Å². The van der Waals surface area contributed by atoms with Gasteiger partial charge in [0.2, 0.25) is 0 Å². The predicted molar refractivity (Wildman–Crippen MR) is 76.2 cm³/mol. The highest BCUT2D eigenvalue weighted by atomic mass is 35.5. The SMILES string of the molecule is Cc1cccc(Cl)c1NC(=O)c1cccn1CC(=O)O. The summed E-state index contributed by atoms with van der Waals surface area (Å²) in [5.41, 5.74) is 1.64. The normalized spacial score (nSPS) is 10.3. The number of carbonyl (C=O) groups excluding carboxylic acids is 1. The number of amides is 1. The third-order valence-electron chi connectivity index (χ3n) is 2.83. The summed E-state index contributed by atoms with van der Waals surface area (Å²) < 4.78 is 1.36. The van der Waals surface area contributed by atoms with Crippen LogP contribution in [-0.4, -0.2) is 21.6 Å². The number of halogens is 1. The lowest BCUT2D eigenvalue weighted by Gasteiger charge is -2.11. The summed E-state index contributed by atoms with van der Waals surface area (Å²) in [5, 5.41) is 11.9. The number of carboxylic acid groups (broad SMARTS) is 1. The molecule has 2 aromatic rings. The minimum atomic E-state index is -1.01.